The molecule has 0 aliphatic carbocycles. The molecule has 0 saturated carbocycles. The topological polar surface area (TPSA) is 55.8 Å². The van der Waals surface area contributed by atoms with E-state index in [2.05, 4.69) is 21.8 Å². The predicted molar refractivity (Wildman–Crippen MR) is 119 cm³/mol. The van der Waals surface area contributed by atoms with Gasteiger partial charge < -0.3 is 9.80 Å². The Morgan fingerprint density at radius 1 is 1.00 bits per heavy atom. The van der Waals surface area contributed by atoms with Gasteiger partial charge in [-0.25, -0.2) is 23.1 Å². The van der Waals surface area contributed by atoms with E-state index in [9.17, 15) is 18.0 Å². The lowest BCUT2D eigenvalue weighted by Gasteiger charge is -2.47. The summed E-state index contributed by atoms with van der Waals surface area (Å²) in [6.45, 7) is 5.13. The monoisotopic (exact) mass is 470 g/mol. The van der Waals surface area contributed by atoms with Gasteiger partial charge in [0.1, 0.15) is 0 Å². The minimum Gasteiger partial charge on any atom is -0.339 e. The van der Waals surface area contributed by atoms with Gasteiger partial charge in [0.2, 0.25) is 11.9 Å². The number of hydrogen-bond donors (Lipinski definition) is 0. The van der Waals surface area contributed by atoms with Crippen LogP contribution in [-0.4, -0.2) is 58.5 Å². The first-order chi connectivity index (χ1) is 16.3. The van der Waals surface area contributed by atoms with E-state index in [0.29, 0.717) is 51.0 Å². The van der Waals surface area contributed by atoms with E-state index in [1.165, 1.54) is 0 Å². The van der Waals surface area contributed by atoms with Crippen LogP contribution in [0.1, 0.15) is 26.2 Å². The first-order valence-corrected chi connectivity index (χ1v) is 11.6. The van der Waals surface area contributed by atoms with Gasteiger partial charge in [-0.2, -0.15) is 0 Å². The molecule has 5 heterocycles. The lowest BCUT2D eigenvalue weighted by molar-refractivity contribution is -0.126. The quantitative estimate of drug-likeness (QED) is 0.642. The van der Waals surface area contributed by atoms with Crippen molar-refractivity contribution in [2.45, 2.75) is 26.2 Å². The van der Waals surface area contributed by atoms with Gasteiger partial charge in [0, 0.05) is 62.5 Å². The van der Waals surface area contributed by atoms with Crippen molar-refractivity contribution < 1.29 is 18.0 Å². The molecule has 1 aromatic carbocycles. The number of halogens is 3. The number of nitrogens with zero attached hydrogens (tertiary/aromatic N) is 6. The number of hydrogen-bond acceptors (Lipinski definition) is 6. The van der Waals surface area contributed by atoms with Crippen LogP contribution in [0, 0.1) is 28.8 Å². The lowest BCUT2D eigenvalue weighted by Crippen LogP contribution is -2.58. The van der Waals surface area contributed by atoms with Crippen LogP contribution >= 0.6 is 0 Å². The zero-order valence-corrected chi connectivity index (χ0v) is 18.8. The van der Waals surface area contributed by atoms with Gasteiger partial charge in [-0.05, 0) is 24.8 Å². The molecule has 0 radical (unpaired) electrons. The maximum atomic E-state index is 14.0. The summed E-state index contributed by atoms with van der Waals surface area (Å²) in [6, 6.07) is 3.82. The molecule has 1 atom stereocenters. The van der Waals surface area contributed by atoms with Crippen molar-refractivity contribution >= 4 is 17.5 Å². The zero-order chi connectivity index (χ0) is 23.6. The second-order valence-corrected chi connectivity index (χ2v) is 9.96. The molecule has 1 amide bonds. The summed E-state index contributed by atoms with van der Waals surface area (Å²) in [7, 11) is 0. The highest BCUT2D eigenvalue weighted by molar-refractivity contribution is 5.83. The molecule has 0 unspecified atom stereocenters. The van der Waals surface area contributed by atoms with Crippen LogP contribution in [0.15, 0.2) is 42.0 Å². The number of aromatic nitrogens is 2. The van der Waals surface area contributed by atoms with Crippen LogP contribution < -0.4 is 9.91 Å². The molecule has 4 aliphatic heterocycles. The van der Waals surface area contributed by atoms with Crippen LogP contribution in [-0.2, 0) is 4.79 Å². The molecule has 0 N–H and O–H groups in total. The Morgan fingerprint density at radius 2 is 1.71 bits per heavy atom. The summed E-state index contributed by atoms with van der Waals surface area (Å²) in [6.07, 6.45) is 5.61. The molecular weight excluding hydrogens is 445 g/mol. The number of benzene rings is 1. The van der Waals surface area contributed by atoms with Crippen molar-refractivity contribution in [2.24, 2.45) is 11.3 Å². The molecule has 178 valence electrons. The maximum absolute atomic E-state index is 14.0. The lowest BCUT2D eigenvalue weighted by atomic mass is 9.79. The highest BCUT2D eigenvalue weighted by atomic mass is 19.2. The molecular formula is C24H25F3N6O. The molecule has 34 heavy (non-hydrogen) atoms. The molecule has 2 aromatic rings. The van der Waals surface area contributed by atoms with Crippen LogP contribution in [0.2, 0.25) is 0 Å². The van der Waals surface area contributed by atoms with Crippen molar-refractivity contribution in [1.82, 2.24) is 19.9 Å². The van der Waals surface area contributed by atoms with Gasteiger partial charge in [0.25, 0.3) is 0 Å². The number of anilines is 2. The molecule has 7 nitrogen and oxygen atoms in total. The molecule has 3 saturated heterocycles. The number of piperidine rings is 1. The van der Waals surface area contributed by atoms with Gasteiger partial charge >= 0.3 is 0 Å². The Labute approximate surface area is 195 Å². The highest BCUT2D eigenvalue weighted by Gasteiger charge is 2.54. The van der Waals surface area contributed by atoms with E-state index in [-0.39, 0.29) is 17.0 Å². The fourth-order valence-corrected chi connectivity index (χ4v) is 5.74. The van der Waals surface area contributed by atoms with Crippen LogP contribution in [0.5, 0.6) is 0 Å². The molecule has 3 fully saturated rings. The summed E-state index contributed by atoms with van der Waals surface area (Å²) in [4.78, 5) is 25.7. The average molecular weight is 470 g/mol. The number of hydrazine groups is 1. The normalized spacial score (nSPS) is 23.8. The third-order valence-electron chi connectivity index (χ3n) is 7.39. The largest absolute Gasteiger partial charge is 0.339 e. The molecule has 6 rings (SSSR count). The first kappa shape index (κ1) is 21.2. The van der Waals surface area contributed by atoms with Crippen molar-refractivity contribution in [2.75, 3.05) is 42.6 Å². The SMILES string of the molecule is C[C@H]1CCC2=C(N3CC4(CC3=O)CN(c3ncccn3)C4)CN(c3cc(F)c(F)c(F)c3)N2C1. The Hall–Kier alpha value is -3.30. The van der Waals surface area contributed by atoms with E-state index in [0.717, 1.165) is 36.4 Å². The van der Waals surface area contributed by atoms with Gasteiger partial charge in [-0.15, -0.1) is 0 Å². The van der Waals surface area contributed by atoms with E-state index < -0.39 is 17.5 Å². The van der Waals surface area contributed by atoms with Gasteiger partial charge in [0.15, 0.2) is 17.5 Å². The Balaban J connectivity index is 1.26. The summed E-state index contributed by atoms with van der Waals surface area (Å²) >= 11 is 0. The zero-order valence-electron chi connectivity index (χ0n) is 18.8. The number of allylic oxidation sites excluding steroid dienone is 1. The van der Waals surface area contributed by atoms with Gasteiger partial charge in [-0.3, -0.25) is 14.8 Å². The molecule has 4 aliphatic rings. The minimum atomic E-state index is -1.48. The van der Waals surface area contributed by atoms with Crippen LogP contribution in [0.25, 0.3) is 0 Å². The summed E-state index contributed by atoms with van der Waals surface area (Å²) in [5.74, 6) is -2.80. The molecule has 1 aromatic heterocycles. The second kappa shape index (κ2) is 7.61. The molecule has 0 bridgehead atoms. The van der Waals surface area contributed by atoms with E-state index in [4.69, 9.17) is 0 Å². The number of fused-ring (bicyclic) bond motifs is 1. The van der Waals surface area contributed by atoms with Crippen molar-refractivity contribution in [3.05, 3.63) is 59.4 Å². The number of likely N-dealkylation sites (tertiary alicyclic amines) is 1. The van der Waals surface area contributed by atoms with Gasteiger partial charge in [-0.1, -0.05) is 6.92 Å². The van der Waals surface area contributed by atoms with E-state index in [1.54, 1.807) is 23.5 Å². The summed E-state index contributed by atoms with van der Waals surface area (Å²) < 4.78 is 41.7. The van der Waals surface area contributed by atoms with Crippen LogP contribution in [0.4, 0.5) is 24.8 Å². The Morgan fingerprint density at radius 3 is 2.41 bits per heavy atom. The van der Waals surface area contributed by atoms with E-state index >= 15 is 0 Å². The average Bonchev–Trinajstić information content (AvgIpc) is 3.34. The minimum absolute atomic E-state index is 0.0630. The summed E-state index contributed by atoms with van der Waals surface area (Å²) in [5, 5.41) is 3.79. The smallest absolute Gasteiger partial charge is 0.227 e. The number of carbonyl (C=O) groups is 1. The van der Waals surface area contributed by atoms with Crippen molar-refractivity contribution in [1.29, 1.82) is 0 Å². The Kier molecular flexibility index (Phi) is 4.76. The highest BCUT2D eigenvalue weighted by Crippen LogP contribution is 2.46. The standard InChI is InChI=1S/C24H25F3N6O/c1-15-3-4-19-20(11-32(33(19)10-15)16-7-17(25)22(27)18(26)8-16)31-14-24(9-21(31)34)12-30(13-24)23-28-5-2-6-29-23/h2,5-8,15H,3-4,9-14H2,1H3/t15-/m0/s1. The van der Waals surface area contributed by atoms with Crippen LogP contribution in [0.3, 0.4) is 0 Å². The number of amides is 1. The Bertz CT molecular complexity index is 1160. The number of carbonyl (C=O) groups excluding carboxylic acids is 1. The molecule has 1 spiro atoms. The van der Waals surface area contributed by atoms with Crippen molar-refractivity contribution in [3.8, 4) is 0 Å². The predicted octanol–water partition coefficient (Wildman–Crippen LogP) is 3.31. The van der Waals surface area contributed by atoms with Crippen molar-refractivity contribution in [3.63, 3.8) is 0 Å². The summed E-state index contributed by atoms with van der Waals surface area (Å²) in [5.41, 5.74) is 1.98. The van der Waals surface area contributed by atoms with E-state index in [1.807, 2.05) is 9.91 Å². The molecule has 10 heteroatoms. The second-order valence-electron chi connectivity index (χ2n) is 9.96. The fourth-order valence-electron chi connectivity index (χ4n) is 5.74. The first-order valence-electron chi connectivity index (χ1n) is 11.6. The fraction of sp³-hybridized carbons (Fsp3) is 0.458. The number of rotatable bonds is 3. The third kappa shape index (κ3) is 3.30. The maximum Gasteiger partial charge on any atom is 0.227 e. The third-order valence-corrected chi connectivity index (χ3v) is 7.39. The van der Waals surface area contributed by atoms with Gasteiger partial charge in [0.05, 0.1) is 23.6 Å².